The lowest BCUT2D eigenvalue weighted by Gasteiger charge is -2.37. The summed E-state index contributed by atoms with van der Waals surface area (Å²) in [5.74, 6) is 0.184. The van der Waals surface area contributed by atoms with Gasteiger partial charge in [0.05, 0.1) is 23.1 Å². The van der Waals surface area contributed by atoms with Crippen LogP contribution in [0.5, 0.6) is 0 Å². The number of rotatable bonds is 4. The van der Waals surface area contributed by atoms with E-state index in [9.17, 15) is 9.59 Å². The van der Waals surface area contributed by atoms with Crippen LogP contribution >= 0.6 is 0 Å². The normalized spacial score (nSPS) is 27.8. The average Bonchev–Trinajstić information content (AvgIpc) is 3.46. The summed E-state index contributed by atoms with van der Waals surface area (Å²) in [5, 5.41) is 3.18. The number of benzene rings is 1. The minimum Gasteiger partial charge on any atom is -0.427 e. The van der Waals surface area contributed by atoms with Crippen molar-refractivity contribution in [3.63, 3.8) is 0 Å². The van der Waals surface area contributed by atoms with Gasteiger partial charge < -0.3 is 14.8 Å². The monoisotopic (exact) mass is 369 g/mol. The Labute approximate surface area is 160 Å². The van der Waals surface area contributed by atoms with Crippen molar-refractivity contribution in [2.45, 2.75) is 64.0 Å². The Balaban J connectivity index is 1.79. The van der Waals surface area contributed by atoms with E-state index in [0.717, 1.165) is 55.2 Å². The molecule has 0 bridgehead atoms. The summed E-state index contributed by atoms with van der Waals surface area (Å²) in [6, 6.07) is 6.05. The highest BCUT2D eigenvalue weighted by molar-refractivity contribution is 6.24. The molecule has 3 aliphatic rings. The van der Waals surface area contributed by atoms with Gasteiger partial charge in [-0.1, -0.05) is 23.8 Å². The van der Waals surface area contributed by atoms with E-state index in [1.807, 2.05) is 32.0 Å². The fourth-order valence-corrected chi connectivity index (χ4v) is 4.25. The fourth-order valence-electron chi connectivity index (χ4n) is 4.25. The maximum absolute atomic E-state index is 13.0. The van der Waals surface area contributed by atoms with E-state index in [1.54, 1.807) is 7.11 Å². The first-order chi connectivity index (χ1) is 12.9. The van der Waals surface area contributed by atoms with E-state index in [1.165, 1.54) is 0 Å². The van der Waals surface area contributed by atoms with Crippen LogP contribution in [-0.4, -0.2) is 30.6 Å². The Bertz CT molecular complexity index is 814. The molecule has 0 aromatic heterocycles. The molecule has 0 atom stereocenters. The largest absolute Gasteiger partial charge is 0.427 e. The SMILES string of the molecule is COC1CCC2(CC1)NC(=O)C(c1cc(C)ccc1C)=C2OC(=O)C1CC1. The number of esters is 1. The summed E-state index contributed by atoms with van der Waals surface area (Å²) in [6.45, 7) is 3.99. The van der Waals surface area contributed by atoms with Crippen LogP contribution in [0, 0.1) is 19.8 Å². The van der Waals surface area contributed by atoms with Gasteiger partial charge in [0.2, 0.25) is 0 Å². The molecule has 1 aromatic carbocycles. The molecule has 5 heteroatoms. The van der Waals surface area contributed by atoms with Crippen molar-refractivity contribution in [3.05, 3.63) is 40.6 Å². The number of methoxy groups -OCH3 is 1. The predicted octanol–water partition coefficient (Wildman–Crippen LogP) is 3.43. The van der Waals surface area contributed by atoms with Gasteiger partial charge in [0, 0.05) is 7.11 Å². The van der Waals surface area contributed by atoms with Crippen molar-refractivity contribution in [1.82, 2.24) is 5.32 Å². The van der Waals surface area contributed by atoms with Crippen LogP contribution in [0.1, 0.15) is 55.2 Å². The zero-order valence-corrected chi connectivity index (χ0v) is 16.3. The Hall–Kier alpha value is -2.14. The van der Waals surface area contributed by atoms with Crippen molar-refractivity contribution in [2.75, 3.05) is 7.11 Å². The van der Waals surface area contributed by atoms with E-state index in [0.29, 0.717) is 11.3 Å². The highest BCUT2D eigenvalue weighted by Crippen LogP contribution is 2.45. The standard InChI is InChI=1S/C22H27NO4/c1-13-4-5-14(2)17(12-13)18-19(27-21(25)15-6-7-15)22(23-20(18)24)10-8-16(26-3)9-11-22/h4-5,12,15-16H,6-11H2,1-3H3,(H,23,24). The van der Waals surface area contributed by atoms with Crippen molar-refractivity contribution < 1.29 is 19.1 Å². The topological polar surface area (TPSA) is 64.6 Å². The number of hydrogen-bond donors (Lipinski definition) is 1. The molecule has 0 unspecified atom stereocenters. The summed E-state index contributed by atoms with van der Waals surface area (Å²) in [6.07, 6.45) is 5.06. The maximum atomic E-state index is 13.0. The fraction of sp³-hybridized carbons (Fsp3) is 0.545. The minimum atomic E-state index is -0.595. The van der Waals surface area contributed by atoms with E-state index < -0.39 is 5.54 Å². The molecule has 1 heterocycles. The lowest BCUT2D eigenvalue weighted by atomic mass is 9.79. The number of hydrogen-bond acceptors (Lipinski definition) is 4. The number of carbonyl (C=O) groups is 2. The molecule has 4 rings (SSSR count). The number of ether oxygens (including phenoxy) is 2. The lowest BCUT2D eigenvalue weighted by molar-refractivity contribution is -0.142. The molecule has 1 spiro atoms. The molecule has 27 heavy (non-hydrogen) atoms. The molecule has 2 aliphatic carbocycles. The first kappa shape index (κ1) is 18.2. The van der Waals surface area contributed by atoms with E-state index in [4.69, 9.17) is 9.47 Å². The van der Waals surface area contributed by atoms with Gasteiger partial charge in [-0.2, -0.15) is 0 Å². The van der Waals surface area contributed by atoms with Gasteiger partial charge in [-0.3, -0.25) is 9.59 Å². The van der Waals surface area contributed by atoms with Crippen LogP contribution in [0.3, 0.4) is 0 Å². The van der Waals surface area contributed by atoms with E-state index in [-0.39, 0.29) is 23.9 Å². The molecule has 1 N–H and O–H groups in total. The summed E-state index contributed by atoms with van der Waals surface area (Å²) in [4.78, 5) is 25.6. The molecular weight excluding hydrogens is 342 g/mol. The van der Waals surface area contributed by atoms with Gasteiger partial charge in [-0.15, -0.1) is 0 Å². The minimum absolute atomic E-state index is 0.0135. The van der Waals surface area contributed by atoms with Gasteiger partial charge in [-0.05, 0) is 63.5 Å². The Morgan fingerprint density at radius 1 is 1.15 bits per heavy atom. The summed E-state index contributed by atoms with van der Waals surface area (Å²) < 4.78 is 11.4. The second kappa shape index (κ2) is 6.79. The van der Waals surface area contributed by atoms with Crippen molar-refractivity contribution in [3.8, 4) is 0 Å². The molecule has 1 aliphatic heterocycles. The average molecular weight is 369 g/mol. The molecule has 2 fully saturated rings. The number of carbonyl (C=O) groups excluding carboxylic acids is 2. The number of amides is 1. The first-order valence-electron chi connectivity index (χ1n) is 9.83. The second-order valence-corrected chi connectivity index (χ2v) is 8.19. The quantitative estimate of drug-likeness (QED) is 0.826. The van der Waals surface area contributed by atoms with Crippen LogP contribution in [0.15, 0.2) is 24.0 Å². The third kappa shape index (κ3) is 3.29. The van der Waals surface area contributed by atoms with Crippen LogP contribution in [0.2, 0.25) is 0 Å². The maximum Gasteiger partial charge on any atom is 0.314 e. The molecule has 144 valence electrons. The van der Waals surface area contributed by atoms with Crippen molar-refractivity contribution in [1.29, 1.82) is 0 Å². The van der Waals surface area contributed by atoms with Crippen molar-refractivity contribution >= 4 is 17.4 Å². The van der Waals surface area contributed by atoms with Crippen molar-refractivity contribution in [2.24, 2.45) is 5.92 Å². The Kier molecular flexibility index (Phi) is 4.58. The van der Waals surface area contributed by atoms with Crippen LogP contribution in [-0.2, 0) is 19.1 Å². The number of nitrogens with one attached hydrogen (secondary N) is 1. The molecule has 2 saturated carbocycles. The van der Waals surface area contributed by atoms with E-state index in [2.05, 4.69) is 5.32 Å². The molecule has 1 aromatic rings. The smallest absolute Gasteiger partial charge is 0.314 e. The van der Waals surface area contributed by atoms with Gasteiger partial charge in [0.15, 0.2) is 0 Å². The highest BCUT2D eigenvalue weighted by Gasteiger charge is 2.51. The summed E-state index contributed by atoms with van der Waals surface area (Å²) in [5.41, 5.74) is 2.88. The zero-order chi connectivity index (χ0) is 19.2. The Morgan fingerprint density at radius 3 is 2.48 bits per heavy atom. The van der Waals surface area contributed by atoms with Gasteiger partial charge in [-0.25, -0.2) is 0 Å². The molecule has 1 amide bonds. The third-order valence-corrected chi connectivity index (χ3v) is 6.14. The molecule has 5 nitrogen and oxygen atoms in total. The zero-order valence-electron chi connectivity index (χ0n) is 16.3. The van der Waals surface area contributed by atoms with Gasteiger partial charge >= 0.3 is 5.97 Å². The van der Waals surface area contributed by atoms with Crippen LogP contribution in [0.4, 0.5) is 0 Å². The summed E-state index contributed by atoms with van der Waals surface area (Å²) >= 11 is 0. The Morgan fingerprint density at radius 2 is 1.85 bits per heavy atom. The van der Waals surface area contributed by atoms with Crippen LogP contribution < -0.4 is 5.32 Å². The molecule has 0 radical (unpaired) electrons. The molecule has 0 saturated heterocycles. The second-order valence-electron chi connectivity index (χ2n) is 8.19. The molecular formula is C22H27NO4. The lowest BCUT2D eigenvalue weighted by Crippen LogP contribution is -2.49. The first-order valence-corrected chi connectivity index (χ1v) is 9.83. The van der Waals surface area contributed by atoms with Gasteiger partial charge in [0.1, 0.15) is 5.76 Å². The predicted molar refractivity (Wildman–Crippen MR) is 102 cm³/mol. The van der Waals surface area contributed by atoms with Gasteiger partial charge in [0.25, 0.3) is 5.91 Å². The van der Waals surface area contributed by atoms with E-state index >= 15 is 0 Å². The highest BCUT2D eigenvalue weighted by atomic mass is 16.5. The number of aryl methyl sites for hydroxylation is 2. The van der Waals surface area contributed by atoms with Crippen LogP contribution in [0.25, 0.3) is 5.57 Å². The third-order valence-electron chi connectivity index (χ3n) is 6.14. The summed E-state index contributed by atoms with van der Waals surface area (Å²) in [7, 11) is 1.72.